The zero-order chi connectivity index (χ0) is 16.1. The number of ether oxygens (including phenoxy) is 1. The van der Waals surface area contributed by atoms with Crippen molar-refractivity contribution in [1.82, 2.24) is 10.3 Å². The minimum absolute atomic E-state index is 0.144. The maximum atomic E-state index is 12.2. The molecule has 0 aliphatic carbocycles. The number of anilines is 1. The Hall–Kier alpha value is -2.18. The monoisotopic (exact) mass is 335 g/mol. The first-order valence-electron chi connectivity index (χ1n) is 6.39. The number of aromatic nitrogens is 1. The molecule has 0 fully saturated rings. The van der Waals surface area contributed by atoms with Crippen LogP contribution in [0, 0.1) is 6.92 Å². The first-order valence-corrected chi connectivity index (χ1v) is 7.18. The Bertz CT molecular complexity index is 722. The summed E-state index contributed by atoms with van der Waals surface area (Å²) < 4.78 is 5.14. The Morgan fingerprint density at radius 3 is 2.77 bits per heavy atom. The molecule has 7 heteroatoms. The molecular weight excluding hydrogens is 322 g/mol. The van der Waals surface area contributed by atoms with Crippen LogP contribution in [0.5, 0.6) is 5.75 Å². The summed E-state index contributed by atoms with van der Waals surface area (Å²) in [7, 11) is 1.48. The number of hydrogen-bond acceptors (Lipinski definition) is 4. The van der Waals surface area contributed by atoms with Crippen molar-refractivity contribution in [2.24, 2.45) is 0 Å². The van der Waals surface area contributed by atoms with Crippen molar-refractivity contribution in [1.29, 1.82) is 0 Å². The molecule has 0 unspecified atom stereocenters. The smallest absolute Gasteiger partial charge is 0.261 e. The van der Waals surface area contributed by atoms with Crippen LogP contribution in [0.2, 0.25) is 5.02 Å². The van der Waals surface area contributed by atoms with Gasteiger partial charge in [0, 0.05) is 10.7 Å². The molecule has 2 N–H and O–H groups in total. The van der Waals surface area contributed by atoms with Crippen molar-refractivity contribution in [2.75, 3.05) is 12.4 Å². The number of amides is 1. The molecule has 5 nitrogen and oxygen atoms in total. The summed E-state index contributed by atoms with van der Waals surface area (Å²) in [5.41, 5.74) is 1.15. The number of methoxy groups -OCH3 is 1. The Morgan fingerprint density at radius 2 is 2.09 bits per heavy atom. The van der Waals surface area contributed by atoms with Gasteiger partial charge in [-0.05, 0) is 49.5 Å². The molecule has 0 radical (unpaired) electrons. The van der Waals surface area contributed by atoms with Crippen molar-refractivity contribution in [2.45, 2.75) is 6.92 Å². The molecule has 0 aliphatic heterocycles. The van der Waals surface area contributed by atoms with E-state index in [4.69, 9.17) is 28.6 Å². The number of carbonyl (C=O) groups is 1. The number of halogens is 1. The van der Waals surface area contributed by atoms with Crippen LogP contribution in [0.4, 0.5) is 5.82 Å². The summed E-state index contributed by atoms with van der Waals surface area (Å²) in [6, 6.07) is 10.2. The summed E-state index contributed by atoms with van der Waals surface area (Å²) in [4.78, 5) is 16.5. The van der Waals surface area contributed by atoms with E-state index in [1.54, 1.807) is 18.2 Å². The molecule has 1 amide bonds. The second kappa shape index (κ2) is 7.20. The van der Waals surface area contributed by atoms with E-state index in [1.807, 2.05) is 19.1 Å². The lowest BCUT2D eigenvalue weighted by Crippen LogP contribution is -2.34. The van der Waals surface area contributed by atoms with Gasteiger partial charge in [0.05, 0.1) is 12.7 Å². The molecule has 1 heterocycles. The maximum absolute atomic E-state index is 12.2. The van der Waals surface area contributed by atoms with Crippen molar-refractivity contribution in [3.63, 3.8) is 0 Å². The molecule has 0 atom stereocenters. The second-order valence-electron chi connectivity index (χ2n) is 4.42. The fraction of sp³-hybridized carbons (Fsp3) is 0.133. The average molecular weight is 336 g/mol. The van der Waals surface area contributed by atoms with E-state index in [0.717, 1.165) is 5.69 Å². The number of thiocarbonyl (C=S) groups is 1. The Balaban J connectivity index is 2.08. The van der Waals surface area contributed by atoms with Crippen molar-refractivity contribution >= 4 is 40.7 Å². The van der Waals surface area contributed by atoms with Gasteiger partial charge in [0.2, 0.25) is 0 Å². The second-order valence-corrected chi connectivity index (χ2v) is 5.26. The first kappa shape index (κ1) is 16.2. The van der Waals surface area contributed by atoms with Crippen LogP contribution in [-0.2, 0) is 0 Å². The van der Waals surface area contributed by atoms with Crippen LogP contribution >= 0.6 is 23.8 Å². The highest BCUT2D eigenvalue weighted by Crippen LogP contribution is 2.22. The molecule has 0 aliphatic rings. The summed E-state index contributed by atoms with van der Waals surface area (Å²) in [6.07, 6.45) is 0. The Kier molecular flexibility index (Phi) is 5.30. The summed E-state index contributed by atoms with van der Waals surface area (Å²) in [5.74, 6) is 0.561. The molecular formula is C15H14ClN3O2S. The van der Waals surface area contributed by atoms with Crippen molar-refractivity contribution in [3.8, 4) is 5.75 Å². The summed E-state index contributed by atoms with van der Waals surface area (Å²) >= 11 is 11.0. The van der Waals surface area contributed by atoms with Crippen LogP contribution in [0.3, 0.4) is 0 Å². The van der Waals surface area contributed by atoms with E-state index in [9.17, 15) is 4.79 Å². The minimum atomic E-state index is -0.412. The summed E-state index contributed by atoms with van der Waals surface area (Å²) in [6.45, 7) is 1.86. The molecule has 2 rings (SSSR count). The van der Waals surface area contributed by atoms with Gasteiger partial charge in [-0.2, -0.15) is 0 Å². The van der Waals surface area contributed by atoms with E-state index in [1.165, 1.54) is 13.2 Å². The van der Waals surface area contributed by atoms with Crippen LogP contribution < -0.4 is 15.4 Å². The number of rotatable bonds is 3. The van der Waals surface area contributed by atoms with Crippen LogP contribution in [0.25, 0.3) is 0 Å². The van der Waals surface area contributed by atoms with Gasteiger partial charge >= 0.3 is 0 Å². The predicted octanol–water partition coefficient (Wildman–Crippen LogP) is 3.18. The zero-order valence-corrected chi connectivity index (χ0v) is 13.6. The fourth-order valence-electron chi connectivity index (χ4n) is 1.79. The molecule has 2 aromatic rings. The topological polar surface area (TPSA) is 63.2 Å². The van der Waals surface area contributed by atoms with Crippen molar-refractivity contribution in [3.05, 3.63) is 52.7 Å². The van der Waals surface area contributed by atoms with Gasteiger partial charge in [-0.15, -0.1) is 0 Å². The molecule has 1 aromatic carbocycles. The third-order valence-corrected chi connectivity index (χ3v) is 3.20. The quantitative estimate of drug-likeness (QED) is 0.843. The van der Waals surface area contributed by atoms with E-state index < -0.39 is 5.91 Å². The normalized spacial score (nSPS) is 9.95. The Morgan fingerprint density at radius 1 is 1.32 bits per heavy atom. The van der Waals surface area contributed by atoms with E-state index in [-0.39, 0.29) is 5.11 Å². The number of nitrogens with zero attached hydrogens (tertiary/aromatic N) is 1. The number of nitrogens with one attached hydrogen (secondary N) is 2. The number of benzene rings is 1. The fourth-order valence-corrected chi connectivity index (χ4v) is 2.16. The molecule has 1 aromatic heterocycles. The van der Waals surface area contributed by atoms with Crippen LogP contribution in [0.15, 0.2) is 36.4 Å². The average Bonchev–Trinajstić information content (AvgIpc) is 2.47. The highest BCUT2D eigenvalue weighted by atomic mass is 35.5. The molecule has 0 bridgehead atoms. The SMILES string of the molecule is COc1ccc(Cl)cc1C(=O)NC(=S)Nc1cccc(C)n1. The maximum Gasteiger partial charge on any atom is 0.261 e. The summed E-state index contributed by atoms with van der Waals surface area (Å²) in [5, 5.41) is 6.00. The largest absolute Gasteiger partial charge is 0.496 e. The molecule has 114 valence electrons. The van der Waals surface area contributed by atoms with E-state index >= 15 is 0 Å². The lowest BCUT2D eigenvalue weighted by molar-refractivity contribution is 0.0975. The van der Waals surface area contributed by atoms with Gasteiger partial charge in [-0.3, -0.25) is 10.1 Å². The zero-order valence-electron chi connectivity index (χ0n) is 12.0. The van der Waals surface area contributed by atoms with Crippen molar-refractivity contribution < 1.29 is 9.53 Å². The van der Waals surface area contributed by atoms with Gasteiger partial charge in [-0.25, -0.2) is 4.98 Å². The highest BCUT2D eigenvalue weighted by Gasteiger charge is 2.14. The Labute approximate surface area is 138 Å². The van der Waals surface area contributed by atoms with Crippen LogP contribution in [-0.4, -0.2) is 23.1 Å². The lowest BCUT2D eigenvalue weighted by atomic mass is 10.2. The number of hydrogen-bond donors (Lipinski definition) is 2. The number of aryl methyl sites for hydroxylation is 1. The third kappa shape index (κ3) is 4.16. The first-order chi connectivity index (χ1) is 10.5. The standard InChI is InChI=1S/C15H14ClN3O2S/c1-9-4-3-5-13(17-9)18-15(22)19-14(20)11-8-10(16)6-7-12(11)21-2/h3-8H,1-2H3,(H2,17,18,19,20,22). The van der Waals surface area contributed by atoms with E-state index in [0.29, 0.717) is 22.2 Å². The number of carbonyl (C=O) groups excluding carboxylic acids is 1. The van der Waals surface area contributed by atoms with E-state index in [2.05, 4.69) is 15.6 Å². The van der Waals surface area contributed by atoms with Gasteiger partial charge in [0.1, 0.15) is 11.6 Å². The minimum Gasteiger partial charge on any atom is -0.496 e. The molecule has 0 saturated heterocycles. The van der Waals surface area contributed by atoms with Crippen LogP contribution in [0.1, 0.15) is 16.1 Å². The van der Waals surface area contributed by atoms with Gasteiger partial charge in [0.25, 0.3) is 5.91 Å². The van der Waals surface area contributed by atoms with Gasteiger partial charge in [0.15, 0.2) is 5.11 Å². The lowest BCUT2D eigenvalue weighted by Gasteiger charge is -2.11. The van der Waals surface area contributed by atoms with Gasteiger partial charge in [-0.1, -0.05) is 17.7 Å². The van der Waals surface area contributed by atoms with Gasteiger partial charge < -0.3 is 10.1 Å². The predicted molar refractivity (Wildman–Crippen MR) is 90.7 cm³/mol. The molecule has 0 saturated carbocycles. The highest BCUT2D eigenvalue weighted by molar-refractivity contribution is 7.80. The molecule has 0 spiro atoms. The third-order valence-electron chi connectivity index (χ3n) is 2.76. The number of pyridine rings is 1. The molecule has 22 heavy (non-hydrogen) atoms.